The first kappa shape index (κ1) is 20.5. The lowest BCUT2D eigenvalue weighted by atomic mass is 10.2. The van der Waals surface area contributed by atoms with E-state index in [-0.39, 0.29) is 0 Å². The van der Waals surface area contributed by atoms with Crippen LogP contribution in [-0.2, 0) is 4.74 Å². The summed E-state index contributed by atoms with van der Waals surface area (Å²) in [6.45, 7) is 4.83. The van der Waals surface area contributed by atoms with E-state index in [0.29, 0.717) is 31.1 Å². The van der Waals surface area contributed by atoms with Crippen LogP contribution in [0.2, 0.25) is 0 Å². The van der Waals surface area contributed by atoms with Crippen molar-refractivity contribution in [1.29, 1.82) is 0 Å². The number of nitrogens with zero attached hydrogens (tertiary/aromatic N) is 5. The van der Waals surface area contributed by atoms with Crippen molar-refractivity contribution in [1.82, 2.24) is 15.0 Å². The molecule has 0 amide bonds. The Balaban J connectivity index is 1.55. The van der Waals surface area contributed by atoms with Crippen LogP contribution in [0.15, 0.2) is 53.6 Å². The van der Waals surface area contributed by atoms with Crippen molar-refractivity contribution in [2.45, 2.75) is 6.92 Å². The minimum absolute atomic E-state index is 0.378. The molecule has 3 aromatic rings. The number of benzene rings is 2. The maximum absolute atomic E-state index is 5.44. The van der Waals surface area contributed by atoms with Crippen LogP contribution in [0.25, 0.3) is 0 Å². The molecule has 1 aliphatic rings. The molecule has 0 unspecified atom stereocenters. The van der Waals surface area contributed by atoms with Gasteiger partial charge in [0.15, 0.2) is 0 Å². The lowest BCUT2D eigenvalue weighted by Gasteiger charge is -2.27. The fourth-order valence-corrected chi connectivity index (χ4v) is 3.21. The summed E-state index contributed by atoms with van der Waals surface area (Å²) in [5.41, 5.74) is 6.02. The molecule has 0 bridgehead atoms. The molecule has 0 aliphatic carbocycles. The molecule has 0 radical (unpaired) electrons. The van der Waals surface area contributed by atoms with E-state index in [1.165, 1.54) is 9.13 Å². The van der Waals surface area contributed by atoms with Crippen molar-refractivity contribution in [2.24, 2.45) is 5.10 Å². The number of rotatable bonds is 6. The molecule has 30 heavy (non-hydrogen) atoms. The van der Waals surface area contributed by atoms with E-state index in [1.807, 2.05) is 48.5 Å². The molecular formula is C21H22IN7O. The number of ether oxygens (including phenoxy) is 1. The Kier molecular flexibility index (Phi) is 6.70. The van der Waals surface area contributed by atoms with Gasteiger partial charge in [-0.2, -0.15) is 20.1 Å². The van der Waals surface area contributed by atoms with Gasteiger partial charge >= 0.3 is 0 Å². The number of halogens is 1. The van der Waals surface area contributed by atoms with Gasteiger partial charge in [0.25, 0.3) is 0 Å². The Morgan fingerprint density at radius 2 is 1.67 bits per heavy atom. The summed E-state index contributed by atoms with van der Waals surface area (Å²) >= 11 is 2.27. The molecule has 1 fully saturated rings. The highest BCUT2D eigenvalue weighted by molar-refractivity contribution is 14.1. The molecule has 0 atom stereocenters. The molecule has 9 heteroatoms. The quantitative estimate of drug-likeness (QED) is 0.293. The molecule has 2 aromatic carbocycles. The summed E-state index contributed by atoms with van der Waals surface area (Å²) in [5.74, 6) is 1.43. The van der Waals surface area contributed by atoms with Gasteiger partial charge < -0.3 is 15.0 Å². The first-order chi connectivity index (χ1) is 14.7. The largest absolute Gasteiger partial charge is 0.378 e. The first-order valence-corrected chi connectivity index (χ1v) is 10.7. The molecule has 2 N–H and O–H groups in total. The number of morpholine rings is 1. The first-order valence-electron chi connectivity index (χ1n) is 9.63. The smallest absolute Gasteiger partial charge is 0.250 e. The average molecular weight is 515 g/mol. The summed E-state index contributed by atoms with van der Waals surface area (Å²) in [6, 6.07) is 16.1. The van der Waals surface area contributed by atoms with E-state index in [1.54, 1.807) is 6.21 Å². The van der Waals surface area contributed by atoms with Crippen molar-refractivity contribution in [3.63, 3.8) is 0 Å². The number of aromatic nitrogens is 3. The highest BCUT2D eigenvalue weighted by atomic mass is 127. The van der Waals surface area contributed by atoms with Crippen LogP contribution in [0.1, 0.15) is 11.1 Å². The van der Waals surface area contributed by atoms with Gasteiger partial charge in [0.05, 0.1) is 19.4 Å². The van der Waals surface area contributed by atoms with Crippen LogP contribution in [0.5, 0.6) is 0 Å². The molecular weight excluding hydrogens is 493 g/mol. The molecule has 0 spiro atoms. The van der Waals surface area contributed by atoms with Crippen molar-refractivity contribution in [3.05, 3.63) is 63.2 Å². The topological polar surface area (TPSA) is 87.6 Å². The predicted molar refractivity (Wildman–Crippen MR) is 128 cm³/mol. The zero-order valence-electron chi connectivity index (χ0n) is 16.5. The minimum Gasteiger partial charge on any atom is -0.378 e. The summed E-state index contributed by atoms with van der Waals surface area (Å²) in [6.07, 6.45) is 1.74. The van der Waals surface area contributed by atoms with Crippen molar-refractivity contribution < 1.29 is 4.74 Å². The van der Waals surface area contributed by atoms with Gasteiger partial charge in [-0.3, -0.25) is 0 Å². The Hall–Kier alpha value is -2.79. The van der Waals surface area contributed by atoms with Gasteiger partial charge in [-0.1, -0.05) is 29.8 Å². The maximum Gasteiger partial charge on any atom is 0.250 e. The number of hydrazone groups is 1. The number of aryl methyl sites for hydroxylation is 1. The van der Waals surface area contributed by atoms with E-state index < -0.39 is 0 Å². The number of hydrogen-bond donors (Lipinski definition) is 2. The molecule has 8 nitrogen and oxygen atoms in total. The zero-order valence-corrected chi connectivity index (χ0v) is 18.7. The summed E-state index contributed by atoms with van der Waals surface area (Å²) < 4.78 is 6.62. The maximum atomic E-state index is 5.44. The molecule has 1 saturated heterocycles. The van der Waals surface area contributed by atoms with Crippen molar-refractivity contribution in [3.8, 4) is 0 Å². The molecule has 1 aromatic heterocycles. The van der Waals surface area contributed by atoms with Gasteiger partial charge in [-0.05, 0) is 59.3 Å². The third-order valence-corrected chi connectivity index (χ3v) is 5.19. The Labute approximate surface area is 188 Å². The number of anilines is 4. The van der Waals surface area contributed by atoms with Crippen LogP contribution in [0, 0.1) is 10.5 Å². The Morgan fingerprint density at radius 3 is 2.40 bits per heavy atom. The second kappa shape index (κ2) is 9.81. The monoisotopic (exact) mass is 515 g/mol. The Bertz CT molecular complexity index is 1000. The molecule has 2 heterocycles. The van der Waals surface area contributed by atoms with E-state index in [0.717, 1.165) is 24.3 Å². The van der Waals surface area contributed by atoms with Crippen LogP contribution in [0.3, 0.4) is 0 Å². The molecule has 0 saturated carbocycles. The van der Waals surface area contributed by atoms with Gasteiger partial charge in [0.1, 0.15) is 0 Å². The van der Waals surface area contributed by atoms with Crippen LogP contribution >= 0.6 is 22.6 Å². The van der Waals surface area contributed by atoms with E-state index >= 15 is 0 Å². The fourth-order valence-electron chi connectivity index (χ4n) is 2.85. The Morgan fingerprint density at radius 1 is 0.967 bits per heavy atom. The van der Waals surface area contributed by atoms with Crippen LogP contribution < -0.4 is 15.6 Å². The van der Waals surface area contributed by atoms with Crippen molar-refractivity contribution >= 4 is 52.3 Å². The minimum atomic E-state index is 0.378. The van der Waals surface area contributed by atoms with E-state index in [2.05, 4.69) is 65.2 Å². The normalized spacial score (nSPS) is 14.1. The summed E-state index contributed by atoms with van der Waals surface area (Å²) in [4.78, 5) is 15.7. The van der Waals surface area contributed by atoms with Gasteiger partial charge in [-0.15, -0.1) is 0 Å². The second-order valence-electron chi connectivity index (χ2n) is 6.79. The second-order valence-corrected chi connectivity index (χ2v) is 8.04. The molecule has 4 rings (SSSR count). The average Bonchev–Trinajstić information content (AvgIpc) is 2.77. The number of hydrogen-bond acceptors (Lipinski definition) is 8. The third-order valence-electron chi connectivity index (χ3n) is 4.47. The van der Waals surface area contributed by atoms with Crippen LogP contribution in [-0.4, -0.2) is 47.5 Å². The van der Waals surface area contributed by atoms with Gasteiger partial charge in [0, 0.05) is 22.3 Å². The lowest BCUT2D eigenvalue weighted by Crippen LogP contribution is -2.37. The summed E-state index contributed by atoms with van der Waals surface area (Å²) in [5, 5.41) is 7.54. The predicted octanol–water partition coefficient (Wildman–Crippen LogP) is 3.81. The fraction of sp³-hybridized carbons (Fsp3) is 0.238. The molecule has 1 aliphatic heterocycles. The zero-order chi connectivity index (χ0) is 20.8. The SMILES string of the molecule is Cc1ccc(Nc2nc(N/N=C\c3ccc(I)cc3)nc(N3CCOCC3)n2)cc1. The van der Waals surface area contributed by atoms with E-state index in [4.69, 9.17) is 4.74 Å². The highest BCUT2D eigenvalue weighted by Crippen LogP contribution is 2.19. The highest BCUT2D eigenvalue weighted by Gasteiger charge is 2.16. The standard InChI is InChI=1S/C21H22IN7O/c1-15-2-8-18(9-3-15)24-19-25-20(27-21(26-19)29-10-12-30-13-11-29)28-23-14-16-4-6-17(22)7-5-16/h2-9,14H,10-13H2,1H3,(H2,24,25,26,27,28)/b23-14-. The van der Waals surface area contributed by atoms with Crippen LogP contribution in [0.4, 0.5) is 23.5 Å². The van der Waals surface area contributed by atoms with Crippen molar-refractivity contribution in [2.75, 3.05) is 41.9 Å². The van der Waals surface area contributed by atoms with Gasteiger partial charge in [-0.25, -0.2) is 5.43 Å². The lowest BCUT2D eigenvalue weighted by molar-refractivity contribution is 0.122. The van der Waals surface area contributed by atoms with Gasteiger partial charge in [0.2, 0.25) is 17.8 Å². The molecule has 154 valence electrons. The third kappa shape index (κ3) is 5.63. The summed E-state index contributed by atoms with van der Waals surface area (Å²) in [7, 11) is 0. The van der Waals surface area contributed by atoms with E-state index in [9.17, 15) is 0 Å². The number of nitrogens with one attached hydrogen (secondary N) is 2.